The van der Waals surface area contributed by atoms with Crippen molar-refractivity contribution in [3.8, 4) is 5.88 Å². The lowest BCUT2D eigenvalue weighted by molar-refractivity contribution is 0.132. The Morgan fingerprint density at radius 2 is 2.04 bits per heavy atom. The third kappa shape index (κ3) is 3.88. The van der Waals surface area contributed by atoms with Gasteiger partial charge in [0.25, 0.3) is 0 Å². The highest BCUT2D eigenvalue weighted by molar-refractivity contribution is 5.14. The molecule has 0 amide bonds. The number of hydrogen-bond acceptors (Lipinski definition) is 6. The molecule has 0 atom stereocenters. The maximum absolute atomic E-state index is 5.72. The van der Waals surface area contributed by atoms with Crippen LogP contribution in [0.15, 0.2) is 29.2 Å². The number of piperidine rings is 1. The lowest BCUT2D eigenvalue weighted by Gasteiger charge is -2.31. The van der Waals surface area contributed by atoms with Gasteiger partial charge in [0.15, 0.2) is 0 Å². The fraction of sp³-hybridized carbons (Fsp3) is 0.588. The molecule has 0 bridgehead atoms. The van der Waals surface area contributed by atoms with Crippen molar-refractivity contribution in [1.82, 2.24) is 20.0 Å². The van der Waals surface area contributed by atoms with Crippen LogP contribution in [0.3, 0.4) is 0 Å². The van der Waals surface area contributed by atoms with E-state index in [0.717, 1.165) is 50.5 Å². The minimum atomic E-state index is 0.590. The molecule has 3 heterocycles. The minimum Gasteiger partial charge on any atom is -0.476 e. The van der Waals surface area contributed by atoms with Gasteiger partial charge in [-0.15, -0.1) is 0 Å². The molecule has 4 rings (SSSR count). The van der Waals surface area contributed by atoms with Gasteiger partial charge in [-0.25, -0.2) is 4.98 Å². The predicted octanol–water partition coefficient (Wildman–Crippen LogP) is 2.63. The van der Waals surface area contributed by atoms with E-state index in [1.807, 2.05) is 0 Å². The Hall–Kier alpha value is -1.95. The summed E-state index contributed by atoms with van der Waals surface area (Å²) >= 11 is 0. The quantitative estimate of drug-likeness (QED) is 0.816. The average molecular weight is 314 g/mol. The summed E-state index contributed by atoms with van der Waals surface area (Å²) in [5, 5.41) is 4.21. The molecule has 0 unspecified atom stereocenters. The van der Waals surface area contributed by atoms with Crippen LogP contribution in [0.4, 0.5) is 0 Å². The summed E-state index contributed by atoms with van der Waals surface area (Å²) in [6.45, 7) is 3.79. The molecule has 0 spiro atoms. The Labute approximate surface area is 135 Å². The molecule has 1 saturated heterocycles. The van der Waals surface area contributed by atoms with Crippen molar-refractivity contribution in [2.45, 2.75) is 38.1 Å². The predicted molar refractivity (Wildman–Crippen MR) is 84.0 cm³/mol. The van der Waals surface area contributed by atoms with E-state index in [-0.39, 0.29) is 0 Å². The fourth-order valence-electron chi connectivity index (χ4n) is 3.07. The van der Waals surface area contributed by atoms with Gasteiger partial charge in [0.2, 0.25) is 5.88 Å². The molecule has 2 aromatic heterocycles. The second kappa shape index (κ2) is 6.66. The molecule has 6 nitrogen and oxygen atoms in total. The summed E-state index contributed by atoms with van der Waals surface area (Å²) in [7, 11) is 0. The van der Waals surface area contributed by atoms with Gasteiger partial charge < -0.3 is 9.26 Å². The topological polar surface area (TPSA) is 64.3 Å². The van der Waals surface area contributed by atoms with Crippen molar-refractivity contribution in [2.24, 2.45) is 5.92 Å². The summed E-state index contributed by atoms with van der Waals surface area (Å²) in [5.41, 5.74) is 1.07. The molecule has 2 fully saturated rings. The second-order valence-corrected chi connectivity index (χ2v) is 6.57. The number of ether oxygens (including phenoxy) is 1. The molecule has 23 heavy (non-hydrogen) atoms. The van der Waals surface area contributed by atoms with Gasteiger partial charge in [-0.3, -0.25) is 9.88 Å². The zero-order valence-electron chi connectivity index (χ0n) is 13.2. The molecule has 122 valence electrons. The highest BCUT2D eigenvalue weighted by atomic mass is 16.5. The van der Waals surface area contributed by atoms with Crippen LogP contribution in [0.2, 0.25) is 0 Å². The second-order valence-electron chi connectivity index (χ2n) is 6.57. The van der Waals surface area contributed by atoms with Crippen LogP contribution in [0.1, 0.15) is 43.1 Å². The molecule has 1 saturated carbocycles. The van der Waals surface area contributed by atoms with Crippen molar-refractivity contribution >= 4 is 0 Å². The Morgan fingerprint density at radius 3 is 2.78 bits per heavy atom. The van der Waals surface area contributed by atoms with Crippen LogP contribution in [-0.2, 0) is 6.54 Å². The van der Waals surface area contributed by atoms with Gasteiger partial charge in [0.05, 0.1) is 18.5 Å². The lowest BCUT2D eigenvalue weighted by atomic mass is 9.98. The normalized spacial score (nSPS) is 19.8. The van der Waals surface area contributed by atoms with Crippen LogP contribution >= 0.6 is 0 Å². The van der Waals surface area contributed by atoms with Gasteiger partial charge in [0, 0.05) is 30.9 Å². The fourth-order valence-corrected chi connectivity index (χ4v) is 3.07. The Bertz CT molecular complexity index is 619. The van der Waals surface area contributed by atoms with Crippen molar-refractivity contribution in [3.63, 3.8) is 0 Å². The Balaban J connectivity index is 1.21. The maximum atomic E-state index is 5.72. The molecule has 2 aliphatic rings. The highest BCUT2D eigenvalue weighted by Crippen LogP contribution is 2.40. The maximum Gasteiger partial charge on any atom is 0.232 e. The van der Waals surface area contributed by atoms with Gasteiger partial charge in [-0.05, 0) is 44.7 Å². The Morgan fingerprint density at radius 1 is 1.17 bits per heavy atom. The van der Waals surface area contributed by atoms with E-state index in [4.69, 9.17) is 9.26 Å². The number of nitrogens with zero attached hydrogens (tertiary/aromatic N) is 4. The van der Waals surface area contributed by atoms with E-state index < -0.39 is 0 Å². The SMILES string of the molecule is c1cnc(OCC2CCN(Cc3cc(C4CC4)on3)CC2)cn1. The lowest BCUT2D eigenvalue weighted by Crippen LogP contribution is -2.35. The zero-order valence-corrected chi connectivity index (χ0v) is 13.2. The van der Waals surface area contributed by atoms with E-state index >= 15 is 0 Å². The van der Waals surface area contributed by atoms with Crippen LogP contribution < -0.4 is 4.74 Å². The van der Waals surface area contributed by atoms with Crippen LogP contribution in [0.25, 0.3) is 0 Å². The first-order valence-electron chi connectivity index (χ1n) is 8.43. The van der Waals surface area contributed by atoms with E-state index in [1.165, 1.54) is 12.8 Å². The standard InChI is InChI=1S/C17H22N4O2/c1-2-14(1)16-9-15(20-23-16)11-21-7-3-13(4-8-21)12-22-17-10-18-5-6-19-17/h5-6,9-10,13-14H,1-4,7-8,11-12H2. The summed E-state index contributed by atoms with van der Waals surface area (Å²) in [4.78, 5) is 10.6. The van der Waals surface area contributed by atoms with E-state index in [1.54, 1.807) is 18.6 Å². The zero-order chi connectivity index (χ0) is 15.5. The van der Waals surface area contributed by atoms with Crippen molar-refractivity contribution in [2.75, 3.05) is 19.7 Å². The largest absolute Gasteiger partial charge is 0.476 e. The van der Waals surface area contributed by atoms with Crippen molar-refractivity contribution < 1.29 is 9.26 Å². The van der Waals surface area contributed by atoms with Crippen LogP contribution in [0, 0.1) is 5.92 Å². The van der Waals surface area contributed by atoms with Gasteiger partial charge >= 0.3 is 0 Å². The van der Waals surface area contributed by atoms with Crippen LogP contribution in [-0.4, -0.2) is 39.7 Å². The molecule has 0 aromatic carbocycles. The number of rotatable bonds is 6. The summed E-state index contributed by atoms with van der Waals surface area (Å²) in [6, 6.07) is 2.14. The first-order valence-corrected chi connectivity index (χ1v) is 8.43. The average Bonchev–Trinajstić information content (AvgIpc) is 3.35. The van der Waals surface area contributed by atoms with E-state index in [2.05, 4.69) is 26.1 Å². The van der Waals surface area contributed by atoms with E-state index in [0.29, 0.717) is 17.7 Å². The molecule has 1 aliphatic carbocycles. The number of aromatic nitrogens is 3. The summed E-state index contributed by atoms with van der Waals surface area (Å²) in [6.07, 6.45) is 9.78. The molecular weight excluding hydrogens is 292 g/mol. The first kappa shape index (κ1) is 14.6. The Kier molecular flexibility index (Phi) is 4.24. The monoisotopic (exact) mass is 314 g/mol. The first-order chi connectivity index (χ1) is 11.4. The molecule has 0 N–H and O–H groups in total. The van der Waals surface area contributed by atoms with Crippen molar-refractivity contribution in [1.29, 1.82) is 0 Å². The smallest absolute Gasteiger partial charge is 0.232 e. The van der Waals surface area contributed by atoms with Crippen LogP contribution in [0.5, 0.6) is 5.88 Å². The third-order valence-corrected chi connectivity index (χ3v) is 4.66. The summed E-state index contributed by atoms with van der Waals surface area (Å²) < 4.78 is 11.1. The number of likely N-dealkylation sites (tertiary alicyclic amines) is 1. The third-order valence-electron chi connectivity index (χ3n) is 4.66. The highest BCUT2D eigenvalue weighted by Gasteiger charge is 2.28. The molecule has 1 aliphatic heterocycles. The van der Waals surface area contributed by atoms with Gasteiger partial charge in [-0.1, -0.05) is 5.16 Å². The molecule has 0 radical (unpaired) electrons. The molecule has 2 aromatic rings. The minimum absolute atomic E-state index is 0.590. The molecule has 6 heteroatoms. The molecular formula is C17H22N4O2. The van der Waals surface area contributed by atoms with E-state index in [9.17, 15) is 0 Å². The van der Waals surface area contributed by atoms with Gasteiger partial charge in [-0.2, -0.15) is 0 Å². The van der Waals surface area contributed by atoms with Gasteiger partial charge in [0.1, 0.15) is 5.76 Å². The summed E-state index contributed by atoms with van der Waals surface area (Å²) in [5.74, 6) is 2.92. The van der Waals surface area contributed by atoms with Crippen molar-refractivity contribution in [3.05, 3.63) is 36.1 Å². The number of hydrogen-bond donors (Lipinski definition) is 0.